The number of hydrogen-bond donors (Lipinski definition) is 0. The van der Waals surface area contributed by atoms with Crippen molar-refractivity contribution in [1.82, 2.24) is 4.98 Å². The average molecular weight is 302 g/mol. The molecule has 0 saturated heterocycles. The van der Waals surface area contributed by atoms with Crippen molar-refractivity contribution in [2.75, 3.05) is 19.0 Å². The van der Waals surface area contributed by atoms with Gasteiger partial charge >= 0.3 is 0 Å². The molecule has 2 heteroatoms. The average Bonchev–Trinajstić information content (AvgIpc) is 2.61. The molecule has 0 aliphatic heterocycles. The van der Waals surface area contributed by atoms with Crippen LogP contribution in [0.15, 0.2) is 48.5 Å². The summed E-state index contributed by atoms with van der Waals surface area (Å²) in [7, 11) is 4.14. The van der Waals surface area contributed by atoms with Crippen LogP contribution in [0.25, 0.3) is 22.0 Å². The third kappa shape index (κ3) is 2.48. The van der Waals surface area contributed by atoms with Gasteiger partial charge in [0.2, 0.25) is 0 Å². The molecule has 0 radical (unpaired) electrons. The Hall–Kier alpha value is -2.35. The Morgan fingerprint density at radius 3 is 2.48 bits per heavy atom. The molecule has 0 N–H and O–H groups in total. The smallest absolute Gasteiger partial charge is 0.129 e. The second kappa shape index (κ2) is 5.69. The minimum Gasteiger partial charge on any atom is -0.363 e. The van der Waals surface area contributed by atoms with Crippen LogP contribution in [0.5, 0.6) is 0 Å². The molecule has 0 bridgehead atoms. The van der Waals surface area contributed by atoms with Crippen LogP contribution in [0.1, 0.15) is 24.0 Å². The molecule has 0 unspecified atom stereocenters. The zero-order valence-corrected chi connectivity index (χ0v) is 13.8. The molecule has 4 rings (SSSR count). The number of rotatable bonds is 2. The molecule has 0 fully saturated rings. The minimum absolute atomic E-state index is 1.04. The van der Waals surface area contributed by atoms with Gasteiger partial charge in [-0.05, 0) is 54.0 Å². The van der Waals surface area contributed by atoms with Gasteiger partial charge in [-0.2, -0.15) is 0 Å². The second-order valence-corrected chi connectivity index (χ2v) is 6.59. The van der Waals surface area contributed by atoms with Crippen LogP contribution < -0.4 is 4.90 Å². The van der Waals surface area contributed by atoms with Crippen LogP contribution in [-0.4, -0.2) is 19.1 Å². The number of aromatic nitrogens is 1. The number of pyridine rings is 1. The van der Waals surface area contributed by atoms with E-state index in [0.29, 0.717) is 0 Å². The Morgan fingerprint density at radius 1 is 0.913 bits per heavy atom. The fraction of sp³-hybridized carbons (Fsp3) is 0.286. The third-order valence-electron chi connectivity index (χ3n) is 4.84. The zero-order valence-electron chi connectivity index (χ0n) is 13.8. The van der Waals surface area contributed by atoms with Crippen LogP contribution in [-0.2, 0) is 12.8 Å². The number of anilines is 1. The van der Waals surface area contributed by atoms with Gasteiger partial charge in [-0.1, -0.05) is 42.5 Å². The normalized spacial score (nSPS) is 13.8. The van der Waals surface area contributed by atoms with E-state index in [-0.39, 0.29) is 0 Å². The maximum absolute atomic E-state index is 5.00. The lowest BCUT2D eigenvalue weighted by atomic mass is 9.88. The first kappa shape index (κ1) is 14.3. The number of fused-ring (bicyclic) bond motifs is 3. The minimum atomic E-state index is 1.04. The van der Waals surface area contributed by atoms with Gasteiger partial charge < -0.3 is 4.90 Å². The third-order valence-corrected chi connectivity index (χ3v) is 4.84. The molecule has 116 valence electrons. The molecule has 1 heterocycles. The van der Waals surface area contributed by atoms with Gasteiger partial charge in [-0.3, -0.25) is 0 Å². The summed E-state index contributed by atoms with van der Waals surface area (Å²) in [4.78, 5) is 7.11. The standard InChI is InChI=1S/C21H22N2/c1-23(2)20-14-19(15-8-4-3-5-9-15)18-13-12-16-10-6-7-11-17(16)21(18)22-20/h3-5,8-9,12-14H,6-7,10-11H2,1-2H3. The largest absolute Gasteiger partial charge is 0.363 e. The number of benzene rings is 2. The molecule has 2 nitrogen and oxygen atoms in total. The van der Waals surface area contributed by atoms with Crippen molar-refractivity contribution in [3.8, 4) is 11.1 Å². The zero-order chi connectivity index (χ0) is 15.8. The van der Waals surface area contributed by atoms with Crippen LogP contribution in [0, 0.1) is 0 Å². The van der Waals surface area contributed by atoms with E-state index in [1.807, 2.05) is 0 Å². The van der Waals surface area contributed by atoms with Crippen molar-refractivity contribution in [1.29, 1.82) is 0 Å². The number of nitrogens with zero attached hydrogens (tertiary/aromatic N) is 2. The molecule has 3 aromatic rings. The molecule has 0 amide bonds. The van der Waals surface area contributed by atoms with E-state index in [1.165, 1.54) is 52.4 Å². The first-order chi connectivity index (χ1) is 11.2. The van der Waals surface area contributed by atoms with E-state index in [2.05, 4.69) is 67.5 Å². The maximum atomic E-state index is 5.00. The van der Waals surface area contributed by atoms with E-state index in [1.54, 1.807) is 0 Å². The highest BCUT2D eigenvalue weighted by Crippen LogP contribution is 2.35. The molecular formula is C21H22N2. The topological polar surface area (TPSA) is 16.1 Å². The summed E-state index contributed by atoms with van der Waals surface area (Å²) in [5.74, 6) is 1.04. The summed E-state index contributed by atoms with van der Waals surface area (Å²) >= 11 is 0. The van der Waals surface area contributed by atoms with Crippen LogP contribution in [0.3, 0.4) is 0 Å². The summed E-state index contributed by atoms with van der Waals surface area (Å²) in [5, 5.41) is 1.28. The van der Waals surface area contributed by atoms with E-state index < -0.39 is 0 Å². The van der Waals surface area contributed by atoms with Crippen LogP contribution in [0.2, 0.25) is 0 Å². The molecule has 0 spiro atoms. The second-order valence-electron chi connectivity index (χ2n) is 6.59. The van der Waals surface area contributed by atoms with Gasteiger partial charge in [-0.15, -0.1) is 0 Å². The van der Waals surface area contributed by atoms with Gasteiger partial charge in [0.15, 0.2) is 0 Å². The number of hydrogen-bond acceptors (Lipinski definition) is 2. The SMILES string of the molecule is CN(C)c1cc(-c2ccccc2)c2ccc3c(c2n1)CCCC3. The Balaban J connectivity index is 2.05. The first-order valence-electron chi connectivity index (χ1n) is 8.42. The van der Waals surface area contributed by atoms with Crippen molar-refractivity contribution in [2.24, 2.45) is 0 Å². The van der Waals surface area contributed by atoms with Gasteiger partial charge in [0.25, 0.3) is 0 Å². The van der Waals surface area contributed by atoms with Gasteiger partial charge in [0, 0.05) is 19.5 Å². The van der Waals surface area contributed by atoms with Crippen molar-refractivity contribution >= 4 is 16.7 Å². The van der Waals surface area contributed by atoms with Crippen LogP contribution >= 0.6 is 0 Å². The number of aryl methyl sites for hydroxylation is 2. The van der Waals surface area contributed by atoms with Crippen molar-refractivity contribution < 1.29 is 0 Å². The lowest BCUT2D eigenvalue weighted by Gasteiger charge is -2.21. The first-order valence-corrected chi connectivity index (χ1v) is 8.42. The Bertz CT molecular complexity index is 851. The molecular weight excluding hydrogens is 280 g/mol. The van der Waals surface area contributed by atoms with E-state index >= 15 is 0 Å². The van der Waals surface area contributed by atoms with Crippen molar-refractivity contribution in [3.05, 3.63) is 59.7 Å². The summed E-state index contributed by atoms with van der Waals surface area (Å²) in [6.45, 7) is 0. The molecule has 0 atom stereocenters. The molecule has 2 aromatic carbocycles. The van der Waals surface area contributed by atoms with Gasteiger partial charge in [-0.25, -0.2) is 4.98 Å². The van der Waals surface area contributed by atoms with Crippen LogP contribution in [0.4, 0.5) is 5.82 Å². The molecule has 0 saturated carbocycles. The van der Waals surface area contributed by atoms with Crippen molar-refractivity contribution in [3.63, 3.8) is 0 Å². The highest BCUT2D eigenvalue weighted by atomic mass is 15.1. The van der Waals surface area contributed by atoms with E-state index in [4.69, 9.17) is 4.98 Å². The quantitative estimate of drug-likeness (QED) is 0.673. The maximum Gasteiger partial charge on any atom is 0.129 e. The lowest BCUT2D eigenvalue weighted by Crippen LogP contribution is -2.12. The predicted molar refractivity (Wildman–Crippen MR) is 98.1 cm³/mol. The molecule has 23 heavy (non-hydrogen) atoms. The Kier molecular flexibility index (Phi) is 3.53. The molecule has 1 aromatic heterocycles. The van der Waals surface area contributed by atoms with E-state index in [9.17, 15) is 0 Å². The van der Waals surface area contributed by atoms with Crippen molar-refractivity contribution in [2.45, 2.75) is 25.7 Å². The summed E-state index contributed by atoms with van der Waals surface area (Å²) in [6, 6.07) is 17.5. The van der Waals surface area contributed by atoms with Gasteiger partial charge in [0.05, 0.1) is 5.52 Å². The summed E-state index contributed by atoms with van der Waals surface area (Å²) < 4.78 is 0. The molecule has 1 aliphatic carbocycles. The predicted octanol–water partition coefficient (Wildman–Crippen LogP) is 4.85. The fourth-order valence-corrected chi connectivity index (χ4v) is 3.59. The summed E-state index contributed by atoms with van der Waals surface area (Å²) in [5.41, 5.74) is 6.71. The Labute approximate surface area is 137 Å². The summed E-state index contributed by atoms with van der Waals surface area (Å²) in [6.07, 6.45) is 4.93. The lowest BCUT2D eigenvalue weighted by molar-refractivity contribution is 0.689. The van der Waals surface area contributed by atoms with Gasteiger partial charge in [0.1, 0.15) is 5.82 Å². The monoisotopic (exact) mass is 302 g/mol. The molecule has 1 aliphatic rings. The Morgan fingerprint density at radius 2 is 1.70 bits per heavy atom. The highest BCUT2D eigenvalue weighted by Gasteiger charge is 2.17. The highest BCUT2D eigenvalue weighted by molar-refractivity contribution is 5.98. The van der Waals surface area contributed by atoms with E-state index in [0.717, 1.165) is 12.2 Å². The fourth-order valence-electron chi connectivity index (χ4n) is 3.59.